The summed E-state index contributed by atoms with van der Waals surface area (Å²) >= 11 is 0. The lowest BCUT2D eigenvalue weighted by atomic mass is 10.1. The van der Waals surface area contributed by atoms with Gasteiger partial charge in [-0.15, -0.1) is 0 Å². The summed E-state index contributed by atoms with van der Waals surface area (Å²) < 4.78 is 5.37. The first kappa shape index (κ1) is 13.8. The number of amides is 1. The average molecular weight is 285 g/mol. The molecule has 3 rings (SSSR count). The van der Waals surface area contributed by atoms with Gasteiger partial charge in [-0.1, -0.05) is 24.3 Å². The van der Waals surface area contributed by atoms with Gasteiger partial charge in [0.1, 0.15) is 5.82 Å². The van der Waals surface area contributed by atoms with Crippen LogP contribution in [-0.2, 0) is 4.74 Å². The van der Waals surface area contributed by atoms with Gasteiger partial charge in [0, 0.05) is 32.3 Å². The normalized spacial score (nSPS) is 17.9. The Labute approximate surface area is 123 Å². The van der Waals surface area contributed by atoms with E-state index in [0.29, 0.717) is 12.2 Å². The van der Waals surface area contributed by atoms with E-state index in [4.69, 9.17) is 4.74 Å². The summed E-state index contributed by atoms with van der Waals surface area (Å²) in [6, 6.07) is 7.98. The third-order valence-corrected chi connectivity index (χ3v) is 4.04. The number of ether oxygens (including phenoxy) is 1. The largest absolute Gasteiger partial charge is 0.379 e. The number of carbonyl (C=O) groups excluding carboxylic acids is 1. The summed E-state index contributed by atoms with van der Waals surface area (Å²) in [5.74, 6) is 0.783. The van der Waals surface area contributed by atoms with E-state index < -0.39 is 0 Å². The second kappa shape index (κ2) is 5.69. The highest BCUT2D eigenvalue weighted by atomic mass is 16.5. The number of nitrogens with one attached hydrogen (secondary N) is 1. The van der Waals surface area contributed by atoms with E-state index >= 15 is 0 Å². The molecule has 110 valence electrons. The molecule has 0 bridgehead atoms. The molecule has 5 heteroatoms. The Hall–Kier alpha value is -2.14. The molecule has 1 aromatic heterocycles. The molecule has 1 aromatic carbocycles. The van der Waals surface area contributed by atoms with Crippen LogP contribution >= 0.6 is 0 Å². The van der Waals surface area contributed by atoms with Gasteiger partial charge >= 0.3 is 0 Å². The minimum Gasteiger partial charge on any atom is -0.379 e. The summed E-state index contributed by atoms with van der Waals surface area (Å²) in [5.41, 5.74) is 0.638. The minimum absolute atomic E-state index is 0.00291. The van der Waals surface area contributed by atoms with E-state index in [-0.39, 0.29) is 11.9 Å². The van der Waals surface area contributed by atoms with Crippen molar-refractivity contribution in [2.75, 3.05) is 32.6 Å². The molecule has 0 radical (unpaired) electrons. The molecular weight excluding hydrogens is 266 g/mol. The lowest BCUT2D eigenvalue weighted by molar-refractivity contribution is 0.0713. The monoisotopic (exact) mass is 285 g/mol. The second-order valence-electron chi connectivity index (χ2n) is 5.25. The molecule has 2 aromatic rings. The lowest BCUT2D eigenvalue weighted by Crippen LogP contribution is -2.37. The molecule has 0 aliphatic carbocycles. The van der Waals surface area contributed by atoms with Gasteiger partial charge in [0.25, 0.3) is 5.91 Å². The number of anilines is 1. The molecule has 1 aliphatic rings. The van der Waals surface area contributed by atoms with Crippen LogP contribution in [0.25, 0.3) is 10.8 Å². The Morgan fingerprint density at radius 3 is 2.81 bits per heavy atom. The molecule has 1 atom stereocenters. The maximum absolute atomic E-state index is 12.8. The van der Waals surface area contributed by atoms with Crippen LogP contribution < -0.4 is 5.32 Å². The molecule has 0 saturated carbocycles. The van der Waals surface area contributed by atoms with Crippen molar-refractivity contribution in [3.8, 4) is 0 Å². The van der Waals surface area contributed by atoms with E-state index in [1.54, 1.807) is 11.1 Å². The van der Waals surface area contributed by atoms with Crippen molar-refractivity contribution >= 4 is 22.5 Å². The van der Waals surface area contributed by atoms with E-state index in [0.717, 1.165) is 29.6 Å². The van der Waals surface area contributed by atoms with Crippen molar-refractivity contribution in [1.29, 1.82) is 0 Å². The van der Waals surface area contributed by atoms with E-state index in [1.807, 2.05) is 38.4 Å². The van der Waals surface area contributed by atoms with Gasteiger partial charge in [-0.2, -0.15) is 0 Å². The first-order valence-electron chi connectivity index (χ1n) is 7.12. The summed E-state index contributed by atoms with van der Waals surface area (Å²) in [7, 11) is 3.67. The fraction of sp³-hybridized carbons (Fsp3) is 0.375. The third-order valence-electron chi connectivity index (χ3n) is 4.04. The Morgan fingerprint density at radius 2 is 2.14 bits per heavy atom. The third kappa shape index (κ3) is 2.45. The summed E-state index contributed by atoms with van der Waals surface area (Å²) in [4.78, 5) is 18.9. The van der Waals surface area contributed by atoms with Crippen molar-refractivity contribution in [2.24, 2.45) is 0 Å². The Morgan fingerprint density at radius 1 is 1.38 bits per heavy atom. The predicted octanol–water partition coefficient (Wildman–Crippen LogP) is 2.14. The zero-order chi connectivity index (χ0) is 14.8. The lowest BCUT2D eigenvalue weighted by Gasteiger charge is -2.24. The summed E-state index contributed by atoms with van der Waals surface area (Å²) in [5, 5.41) is 4.95. The molecule has 1 amide bonds. The number of likely N-dealkylation sites (N-methyl/N-ethyl adjacent to an activating group) is 1. The van der Waals surface area contributed by atoms with Gasteiger partial charge in [0.05, 0.1) is 18.2 Å². The number of aromatic nitrogens is 1. The first-order valence-corrected chi connectivity index (χ1v) is 7.12. The van der Waals surface area contributed by atoms with E-state index in [9.17, 15) is 4.79 Å². The summed E-state index contributed by atoms with van der Waals surface area (Å²) in [6.07, 6.45) is 2.55. The molecule has 5 nitrogen and oxygen atoms in total. The van der Waals surface area contributed by atoms with Crippen LogP contribution in [0.1, 0.15) is 16.8 Å². The second-order valence-corrected chi connectivity index (χ2v) is 5.25. The van der Waals surface area contributed by atoms with Crippen molar-refractivity contribution in [3.63, 3.8) is 0 Å². The SMILES string of the molecule is CNc1ncc(C(=O)N(C)C2CCOC2)c2ccccc12. The van der Waals surface area contributed by atoms with E-state index in [1.165, 1.54) is 0 Å². The average Bonchev–Trinajstić information content (AvgIpc) is 3.07. The fourth-order valence-corrected chi connectivity index (χ4v) is 2.75. The molecular formula is C16H19N3O2. The minimum atomic E-state index is -0.00291. The molecule has 1 N–H and O–H groups in total. The number of nitrogens with zero attached hydrogens (tertiary/aromatic N) is 2. The number of hydrogen-bond acceptors (Lipinski definition) is 4. The van der Waals surface area contributed by atoms with Crippen LogP contribution in [0.4, 0.5) is 5.82 Å². The number of carbonyl (C=O) groups is 1. The molecule has 21 heavy (non-hydrogen) atoms. The molecule has 1 unspecified atom stereocenters. The van der Waals surface area contributed by atoms with Gasteiger partial charge in [-0.3, -0.25) is 4.79 Å². The fourth-order valence-electron chi connectivity index (χ4n) is 2.75. The Bertz CT molecular complexity index is 666. The maximum Gasteiger partial charge on any atom is 0.256 e. The van der Waals surface area contributed by atoms with Crippen LogP contribution in [0.3, 0.4) is 0 Å². The number of pyridine rings is 1. The van der Waals surface area contributed by atoms with Gasteiger partial charge < -0.3 is 15.0 Å². The first-order chi connectivity index (χ1) is 10.2. The van der Waals surface area contributed by atoms with Crippen molar-refractivity contribution in [1.82, 2.24) is 9.88 Å². The quantitative estimate of drug-likeness (QED) is 0.938. The van der Waals surface area contributed by atoms with Crippen molar-refractivity contribution in [3.05, 3.63) is 36.0 Å². The molecule has 1 saturated heterocycles. The smallest absolute Gasteiger partial charge is 0.256 e. The van der Waals surface area contributed by atoms with Gasteiger partial charge in [0.2, 0.25) is 0 Å². The highest BCUT2D eigenvalue weighted by Crippen LogP contribution is 2.25. The number of rotatable bonds is 3. The van der Waals surface area contributed by atoms with Crippen LogP contribution in [-0.4, -0.2) is 49.1 Å². The van der Waals surface area contributed by atoms with Crippen LogP contribution in [0.5, 0.6) is 0 Å². The zero-order valence-corrected chi connectivity index (χ0v) is 12.3. The predicted molar refractivity (Wildman–Crippen MR) is 82.6 cm³/mol. The zero-order valence-electron chi connectivity index (χ0n) is 12.3. The Balaban J connectivity index is 2.02. The van der Waals surface area contributed by atoms with Gasteiger partial charge in [-0.05, 0) is 11.8 Å². The highest BCUT2D eigenvalue weighted by Gasteiger charge is 2.26. The Kier molecular flexibility index (Phi) is 3.75. The topological polar surface area (TPSA) is 54.5 Å². The molecule has 1 aliphatic heterocycles. The molecule has 2 heterocycles. The van der Waals surface area contributed by atoms with E-state index in [2.05, 4.69) is 10.3 Å². The highest BCUT2D eigenvalue weighted by molar-refractivity contribution is 6.09. The van der Waals surface area contributed by atoms with Crippen LogP contribution in [0.2, 0.25) is 0 Å². The van der Waals surface area contributed by atoms with Gasteiger partial charge in [0.15, 0.2) is 0 Å². The number of benzene rings is 1. The van der Waals surface area contributed by atoms with Gasteiger partial charge in [-0.25, -0.2) is 4.98 Å². The van der Waals surface area contributed by atoms with Crippen LogP contribution in [0, 0.1) is 0 Å². The number of fused-ring (bicyclic) bond motifs is 1. The van der Waals surface area contributed by atoms with Crippen molar-refractivity contribution < 1.29 is 9.53 Å². The van der Waals surface area contributed by atoms with Crippen LogP contribution in [0.15, 0.2) is 30.5 Å². The summed E-state index contributed by atoms with van der Waals surface area (Å²) in [6.45, 7) is 1.34. The molecule has 1 fully saturated rings. The van der Waals surface area contributed by atoms with Crippen molar-refractivity contribution in [2.45, 2.75) is 12.5 Å². The molecule has 0 spiro atoms. The standard InChI is InChI=1S/C16H19N3O2/c1-17-15-13-6-4-3-5-12(13)14(9-18-15)16(20)19(2)11-7-8-21-10-11/h3-6,9,11H,7-8,10H2,1-2H3,(H,17,18). The number of hydrogen-bond donors (Lipinski definition) is 1. The maximum atomic E-state index is 12.8.